The van der Waals surface area contributed by atoms with Crippen LogP contribution < -0.4 is 4.74 Å². The minimum atomic E-state index is -4.75. The first-order valence-corrected chi connectivity index (χ1v) is 8.15. The van der Waals surface area contributed by atoms with Crippen LogP contribution in [-0.2, 0) is 11.3 Å². The third kappa shape index (κ3) is 4.85. The summed E-state index contributed by atoms with van der Waals surface area (Å²) in [5.74, 6) is -1.30. The topological polar surface area (TPSA) is 70.0 Å². The molecule has 1 saturated heterocycles. The van der Waals surface area contributed by atoms with Crippen molar-refractivity contribution in [2.45, 2.75) is 45.2 Å². The molecule has 1 unspecified atom stereocenters. The second-order valence-electron chi connectivity index (χ2n) is 6.41. The SMILES string of the molecule is CCC[C@]1(C(=O)O)CCN(Cc2cccc(OC(F)(F)F)c2)CC1O. The molecule has 0 amide bonds. The molecule has 1 heterocycles. The third-order valence-electron chi connectivity index (χ3n) is 4.60. The molecule has 0 aromatic heterocycles. The summed E-state index contributed by atoms with van der Waals surface area (Å²) in [4.78, 5) is 13.5. The van der Waals surface area contributed by atoms with E-state index in [9.17, 15) is 28.2 Å². The molecular formula is C17H22F3NO4. The Morgan fingerprint density at radius 1 is 1.44 bits per heavy atom. The lowest BCUT2D eigenvalue weighted by Gasteiger charge is -2.42. The zero-order chi connectivity index (χ0) is 18.7. The van der Waals surface area contributed by atoms with Crippen molar-refractivity contribution in [3.63, 3.8) is 0 Å². The van der Waals surface area contributed by atoms with Crippen LogP contribution in [0.2, 0.25) is 0 Å². The zero-order valence-electron chi connectivity index (χ0n) is 13.9. The molecule has 5 nitrogen and oxygen atoms in total. The number of carboxylic acids is 1. The maximum atomic E-state index is 12.3. The fraction of sp³-hybridized carbons (Fsp3) is 0.588. The number of likely N-dealkylation sites (tertiary alicyclic amines) is 1. The van der Waals surface area contributed by atoms with Crippen molar-refractivity contribution in [3.05, 3.63) is 29.8 Å². The number of benzene rings is 1. The molecule has 1 aromatic rings. The molecular weight excluding hydrogens is 339 g/mol. The molecule has 0 saturated carbocycles. The highest BCUT2D eigenvalue weighted by atomic mass is 19.4. The average Bonchev–Trinajstić information content (AvgIpc) is 2.48. The number of aliphatic hydroxyl groups excluding tert-OH is 1. The summed E-state index contributed by atoms with van der Waals surface area (Å²) in [5, 5.41) is 19.9. The second-order valence-corrected chi connectivity index (χ2v) is 6.41. The Morgan fingerprint density at radius 2 is 2.16 bits per heavy atom. The van der Waals surface area contributed by atoms with Crippen molar-refractivity contribution in [2.75, 3.05) is 13.1 Å². The molecule has 1 fully saturated rings. The smallest absolute Gasteiger partial charge is 0.481 e. The van der Waals surface area contributed by atoms with Crippen LogP contribution in [-0.4, -0.2) is 46.6 Å². The number of rotatable bonds is 6. The summed E-state index contributed by atoms with van der Waals surface area (Å²) in [6.45, 7) is 2.80. The van der Waals surface area contributed by atoms with E-state index >= 15 is 0 Å². The highest BCUT2D eigenvalue weighted by molar-refractivity contribution is 5.75. The summed E-state index contributed by atoms with van der Waals surface area (Å²) < 4.78 is 40.8. The van der Waals surface area contributed by atoms with Crippen LogP contribution in [0.15, 0.2) is 24.3 Å². The standard InChI is InChI=1S/C17H22F3NO4/c1-2-6-16(15(23)24)7-8-21(11-14(16)22)10-12-4-3-5-13(9-12)25-17(18,19)20/h3-5,9,14,22H,2,6-8,10-11H2,1H3,(H,23,24)/t14?,16-/m0/s1. The fourth-order valence-corrected chi connectivity index (χ4v) is 3.37. The highest BCUT2D eigenvalue weighted by Gasteiger charge is 2.47. The number of β-amino-alcohol motifs (C(OH)–C–C–N with tert-alkyl or cyclic N) is 1. The summed E-state index contributed by atoms with van der Waals surface area (Å²) in [6, 6.07) is 5.65. The van der Waals surface area contributed by atoms with E-state index < -0.39 is 23.9 Å². The van der Waals surface area contributed by atoms with Gasteiger partial charge in [0.1, 0.15) is 5.75 Å². The van der Waals surface area contributed by atoms with Crippen molar-refractivity contribution in [2.24, 2.45) is 5.41 Å². The van der Waals surface area contributed by atoms with Gasteiger partial charge in [-0.05, 0) is 37.1 Å². The molecule has 2 N–H and O–H groups in total. The van der Waals surface area contributed by atoms with E-state index in [1.165, 1.54) is 18.2 Å². The van der Waals surface area contributed by atoms with Gasteiger partial charge in [-0.1, -0.05) is 25.5 Å². The van der Waals surface area contributed by atoms with Crippen molar-refractivity contribution in [1.82, 2.24) is 4.90 Å². The van der Waals surface area contributed by atoms with Crippen molar-refractivity contribution < 1.29 is 32.9 Å². The van der Waals surface area contributed by atoms with Crippen molar-refractivity contribution in [3.8, 4) is 5.75 Å². The van der Waals surface area contributed by atoms with Gasteiger partial charge in [0.05, 0.1) is 11.5 Å². The number of hydrogen-bond donors (Lipinski definition) is 2. The number of aliphatic hydroxyl groups is 1. The van der Waals surface area contributed by atoms with E-state index in [4.69, 9.17) is 0 Å². The maximum absolute atomic E-state index is 12.3. The van der Waals surface area contributed by atoms with E-state index in [-0.39, 0.29) is 12.3 Å². The lowest BCUT2D eigenvalue weighted by Crippen LogP contribution is -2.54. The number of ether oxygens (including phenoxy) is 1. The average molecular weight is 361 g/mol. The first-order valence-electron chi connectivity index (χ1n) is 8.15. The Labute approximate surface area is 144 Å². The normalized spacial score (nSPS) is 24.9. The summed E-state index contributed by atoms with van der Waals surface area (Å²) in [6.07, 6.45) is -4.42. The van der Waals surface area contributed by atoms with E-state index in [0.717, 1.165) is 0 Å². The van der Waals surface area contributed by atoms with Crippen LogP contribution in [0.3, 0.4) is 0 Å². The van der Waals surface area contributed by atoms with Gasteiger partial charge in [-0.25, -0.2) is 0 Å². The number of aliphatic carboxylic acids is 1. The Bertz CT molecular complexity index is 608. The molecule has 0 radical (unpaired) electrons. The number of hydrogen-bond acceptors (Lipinski definition) is 4. The van der Waals surface area contributed by atoms with Gasteiger partial charge in [-0.3, -0.25) is 9.69 Å². The Hall–Kier alpha value is -1.80. The lowest BCUT2D eigenvalue weighted by atomic mass is 9.73. The Balaban J connectivity index is 2.04. The fourth-order valence-electron chi connectivity index (χ4n) is 3.37. The number of halogens is 3. The molecule has 1 aliphatic heterocycles. The van der Waals surface area contributed by atoms with E-state index in [0.29, 0.717) is 37.9 Å². The molecule has 25 heavy (non-hydrogen) atoms. The minimum absolute atomic E-state index is 0.163. The Kier molecular flexibility index (Phi) is 5.95. The third-order valence-corrected chi connectivity index (χ3v) is 4.60. The van der Waals surface area contributed by atoms with Crippen LogP contribution in [0.5, 0.6) is 5.75 Å². The zero-order valence-corrected chi connectivity index (χ0v) is 13.9. The molecule has 1 aromatic carbocycles. The predicted octanol–water partition coefficient (Wildman–Crippen LogP) is 3.02. The molecule has 0 aliphatic carbocycles. The predicted molar refractivity (Wildman–Crippen MR) is 84.0 cm³/mol. The summed E-state index contributed by atoms with van der Waals surface area (Å²) in [7, 11) is 0. The van der Waals surface area contributed by atoms with Gasteiger partial charge in [-0.2, -0.15) is 0 Å². The molecule has 8 heteroatoms. The van der Waals surface area contributed by atoms with Crippen LogP contribution in [0.4, 0.5) is 13.2 Å². The van der Waals surface area contributed by atoms with Crippen molar-refractivity contribution >= 4 is 5.97 Å². The van der Waals surface area contributed by atoms with Gasteiger partial charge in [0.2, 0.25) is 0 Å². The van der Waals surface area contributed by atoms with E-state index in [2.05, 4.69) is 4.74 Å². The molecule has 0 bridgehead atoms. The van der Waals surface area contributed by atoms with Gasteiger partial charge in [0.15, 0.2) is 0 Å². The van der Waals surface area contributed by atoms with E-state index in [1.54, 1.807) is 6.07 Å². The second kappa shape index (κ2) is 7.61. The molecule has 140 valence electrons. The van der Waals surface area contributed by atoms with Gasteiger partial charge < -0.3 is 14.9 Å². The van der Waals surface area contributed by atoms with Crippen LogP contribution >= 0.6 is 0 Å². The minimum Gasteiger partial charge on any atom is -0.481 e. The molecule has 0 spiro atoms. The van der Waals surface area contributed by atoms with Gasteiger partial charge >= 0.3 is 12.3 Å². The summed E-state index contributed by atoms with van der Waals surface area (Å²) in [5.41, 5.74) is -0.542. The lowest BCUT2D eigenvalue weighted by molar-refractivity contribution is -0.274. The van der Waals surface area contributed by atoms with Gasteiger partial charge in [0, 0.05) is 13.1 Å². The highest BCUT2D eigenvalue weighted by Crippen LogP contribution is 2.37. The number of alkyl halides is 3. The quantitative estimate of drug-likeness (QED) is 0.815. The number of piperidine rings is 1. The van der Waals surface area contributed by atoms with E-state index in [1.807, 2.05) is 11.8 Å². The molecule has 1 aliphatic rings. The van der Waals surface area contributed by atoms with Crippen LogP contribution in [0, 0.1) is 5.41 Å². The molecule has 2 atom stereocenters. The van der Waals surface area contributed by atoms with Crippen molar-refractivity contribution in [1.29, 1.82) is 0 Å². The van der Waals surface area contributed by atoms with Gasteiger partial charge in [-0.15, -0.1) is 13.2 Å². The Morgan fingerprint density at radius 3 is 2.72 bits per heavy atom. The monoisotopic (exact) mass is 361 g/mol. The number of nitrogens with zero attached hydrogens (tertiary/aromatic N) is 1. The largest absolute Gasteiger partial charge is 0.573 e. The maximum Gasteiger partial charge on any atom is 0.573 e. The first-order chi connectivity index (χ1) is 11.7. The number of carboxylic acid groups (broad SMARTS) is 1. The van der Waals surface area contributed by atoms with Gasteiger partial charge in [0.25, 0.3) is 0 Å². The summed E-state index contributed by atoms with van der Waals surface area (Å²) >= 11 is 0. The first kappa shape index (κ1) is 19.5. The van der Waals surface area contributed by atoms with Crippen LogP contribution in [0.1, 0.15) is 31.7 Å². The molecule has 2 rings (SSSR count). The number of carbonyl (C=O) groups is 1. The van der Waals surface area contributed by atoms with Crippen LogP contribution in [0.25, 0.3) is 0 Å².